The number of carbonyl (C=O) groups excluding carboxylic acids is 2. The maximum Gasteiger partial charge on any atom is 0.344 e. The Balaban J connectivity index is 1.31. The molecule has 0 atom stereocenters. The third-order valence-electron chi connectivity index (χ3n) is 7.89. The summed E-state index contributed by atoms with van der Waals surface area (Å²) in [4.78, 5) is 40.4. The second-order valence-corrected chi connectivity index (χ2v) is 11.8. The molecule has 45 heavy (non-hydrogen) atoms. The summed E-state index contributed by atoms with van der Waals surface area (Å²) < 4.78 is 9.85. The molecule has 0 radical (unpaired) electrons. The van der Waals surface area contributed by atoms with Crippen LogP contribution in [-0.4, -0.2) is 69.0 Å². The van der Waals surface area contributed by atoms with Crippen LogP contribution in [0.25, 0.3) is 16.7 Å². The maximum atomic E-state index is 13.6. The minimum atomic E-state index is -0.432. The van der Waals surface area contributed by atoms with Crippen LogP contribution in [0.4, 0.5) is 17.1 Å². The fourth-order valence-corrected chi connectivity index (χ4v) is 6.19. The number of ether oxygens (including phenoxy) is 1. The van der Waals surface area contributed by atoms with Gasteiger partial charge >= 0.3 is 5.97 Å². The topological polar surface area (TPSA) is 110 Å². The van der Waals surface area contributed by atoms with Gasteiger partial charge in [0.15, 0.2) is 5.82 Å². The van der Waals surface area contributed by atoms with E-state index in [4.69, 9.17) is 9.72 Å². The number of piperazine rings is 1. The van der Waals surface area contributed by atoms with Crippen molar-refractivity contribution >= 4 is 55.8 Å². The Labute approximate surface area is 269 Å². The number of fused-ring (bicyclic) bond motifs is 1. The molecule has 1 aliphatic rings. The summed E-state index contributed by atoms with van der Waals surface area (Å²) in [7, 11) is 1.79. The average molecular weight is 672 g/mol. The van der Waals surface area contributed by atoms with E-state index in [2.05, 4.69) is 48.1 Å². The molecule has 232 valence electrons. The number of pyridine rings is 1. The third-order valence-corrected chi connectivity index (χ3v) is 8.38. The smallest absolute Gasteiger partial charge is 0.344 e. The molecule has 4 heterocycles. The number of carbonyl (C=O) groups is 2. The van der Waals surface area contributed by atoms with Gasteiger partial charge in [-0.05, 0) is 49.7 Å². The number of anilines is 3. The zero-order valence-electron chi connectivity index (χ0n) is 25.5. The lowest BCUT2D eigenvalue weighted by molar-refractivity contribution is 0.0526. The molecule has 6 rings (SSSR count). The van der Waals surface area contributed by atoms with Gasteiger partial charge in [-0.2, -0.15) is 5.10 Å². The van der Waals surface area contributed by atoms with E-state index in [1.807, 2.05) is 48.5 Å². The van der Waals surface area contributed by atoms with Crippen molar-refractivity contribution < 1.29 is 14.3 Å². The van der Waals surface area contributed by atoms with Gasteiger partial charge in [-0.25, -0.2) is 14.8 Å². The Morgan fingerprint density at radius 2 is 1.80 bits per heavy atom. The monoisotopic (exact) mass is 670 g/mol. The number of nitrogens with zero attached hydrogens (tertiary/aromatic N) is 7. The predicted molar refractivity (Wildman–Crippen MR) is 179 cm³/mol. The maximum absolute atomic E-state index is 13.6. The van der Waals surface area contributed by atoms with Crippen LogP contribution < -0.4 is 15.1 Å². The number of halogens is 1. The van der Waals surface area contributed by atoms with Gasteiger partial charge in [0.1, 0.15) is 17.6 Å². The van der Waals surface area contributed by atoms with Crippen LogP contribution in [0, 0.1) is 0 Å². The minimum absolute atomic E-state index is 0.196. The average Bonchev–Trinajstić information content (AvgIpc) is 3.71. The number of aryl methyl sites for hydroxylation is 2. The second kappa shape index (κ2) is 13.1. The zero-order chi connectivity index (χ0) is 31.5. The molecule has 1 aliphatic heterocycles. The Morgan fingerprint density at radius 3 is 2.53 bits per heavy atom. The third kappa shape index (κ3) is 6.15. The lowest BCUT2D eigenvalue weighted by Gasteiger charge is -2.39. The van der Waals surface area contributed by atoms with E-state index in [9.17, 15) is 9.59 Å². The van der Waals surface area contributed by atoms with Gasteiger partial charge in [-0.15, -0.1) is 0 Å². The molecular formula is C33H35BrN8O3. The molecular weight excluding hydrogens is 636 g/mol. The molecule has 0 bridgehead atoms. The fraction of sp³-hybridized carbons (Fsp3) is 0.303. The highest BCUT2D eigenvalue weighted by molar-refractivity contribution is 9.10. The van der Waals surface area contributed by atoms with E-state index in [0.29, 0.717) is 43.3 Å². The van der Waals surface area contributed by atoms with Gasteiger partial charge in [-0.3, -0.25) is 14.0 Å². The van der Waals surface area contributed by atoms with E-state index in [1.165, 1.54) is 0 Å². The summed E-state index contributed by atoms with van der Waals surface area (Å²) in [5, 5.41) is 8.46. The van der Waals surface area contributed by atoms with E-state index in [1.54, 1.807) is 41.9 Å². The highest BCUT2D eigenvalue weighted by Gasteiger charge is 2.30. The number of amides is 1. The van der Waals surface area contributed by atoms with Crippen LogP contribution in [0.1, 0.15) is 46.8 Å². The second-order valence-electron chi connectivity index (χ2n) is 10.9. The number of benzene rings is 2. The summed E-state index contributed by atoms with van der Waals surface area (Å²) in [6, 6.07) is 15.6. The molecule has 0 unspecified atom stereocenters. The molecule has 3 aromatic heterocycles. The standard InChI is InChI=1S/C33H35BrN8O3/c1-4-8-23-20-28(39(3)38-23)32(43)37-26-9-6-7-10-27(26)40-15-17-41(18-16-40)30-24-19-22(34)11-12-25(24)36-31(42-14-13-35-21-42)29(30)33(44)45-5-2/h6-7,9-14,19-21H,4-5,8,15-18H2,1-3H3,(H,37,43). The Morgan fingerprint density at radius 1 is 1.02 bits per heavy atom. The summed E-state index contributed by atoms with van der Waals surface area (Å²) in [5.74, 6) is -0.153. The fourth-order valence-electron chi connectivity index (χ4n) is 5.83. The number of nitrogens with one attached hydrogen (secondary N) is 1. The van der Waals surface area contributed by atoms with Crippen molar-refractivity contribution in [3.05, 3.63) is 88.7 Å². The van der Waals surface area contributed by atoms with Gasteiger partial charge in [0.05, 0.1) is 34.9 Å². The first-order chi connectivity index (χ1) is 21.9. The van der Waals surface area contributed by atoms with E-state index in [-0.39, 0.29) is 12.5 Å². The number of para-hydroxylation sites is 2. The van der Waals surface area contributed by atoms with Crippen molar-refractivity contribution in [2.75, 3.05) is 47.9 Å². The number of imidazole rings is 1. The molecule has 1 fully saturated rings. The summed E-state index contributed by atoms with van der Waals surface area (Å²) in [5.41, 5.74) is 5.05. The summed E-state index contributed by atoms with van der Waals surface area (Å²) in [6.07, 6.45) is 6.87. The Bertz CT molecular complexity index is 1840. The lowest BCUT2D eigenvalue weighted by atomic mass is 10.1. The van der Waals surface area contributed by atoms with Gasteiger partial charge in [0.2, 0.25) is 0 Å². The van der Waals surface area contributed by atoms with Crippen LogP contribution in [0.5, 0.6) is 0 Å². The molecule has 1 amide bonds. The largest absolute Gasteiger partial charge is 0.462 e. The minimum Gasteiger partial charge on any atom is -0.462 e. The summed E-state index contributed by atoms with van der Waals surface area (Å²) >= 11 is 3.61. The molecule has 1 N–H and O–H groups in total. The van der Waals surface area contributed by atoms with Crippen molar-refractivity contribution in [2.45, 2.75) is 26.7 Å². The molecule has 0 saturated carbocycles. The van der Waals surface area contributed by atoms with Crippen molar-refractivity contribution in [3.63, 3.8) is 0 Å². The normalized spacial score (nSPS) is 13.3. The number of esters is 1. The molecule has 2 aromatic carbocycles. The van der Waals surface area contributed by atoms with Crippen LogP contribution >= 0.6 is 15.9 Å². The van der Waals surface area contributed by atoms with Crippen molar-refractivity contribution in [2.24, 2.45) is 7.05 Å². The van der Waals surface area contributed by atoms with Gasteiger partial charge < -0.3 is 19.9 Å². The van der Waals surface area contributed by atoms with E-state index in [0.717, 1.165) is 51.0 Å². The first-order valence-corrected chi connectivity index (χ1v) is 15.9. The predicted octanol–water partition coefficient (Wildman–Crippen LogP) is 5.62. The zero-order valence-corrected chi connectivity index (χ0v) is 27.1. The molecule has 11 nitrogen and oxygen atoms in total. The van der Waals surface area contributed by atoms with Gasteiger partial charge in [0, 0.05) is 55.5 Å². The lowest BCUT2D eigenvalue weighted by Crippen LogP contribution is -2.47. The van der Waals surface area contributed by atoms with E-state index < -0.39 is 5.97 Å². The van der Waals surface area contributed by atoms with Gasteiger partial charge in [0.25, 0.3) is 5.91 Å². The van der Waals surface area contributed by atoms with E-state index >= 15 is 0 Å². The van der Waals surface area contributed by atoms with Crippen LogP contribution in [0.2, 0.25) is 0 Å². The quantitative estimate of drug-likeness (QED) is 0.201. The molecule has 1 saturated heterocycles. The number of hydrogen-bond donors (Lipinski definition) is 1. The molecule has 0 spiro atoms. The van der Waals surface area contributed by atoms with Crippen molar-refractivity contribution in [1.29, 1.82) is 0 Å². The molecule has 5 aromatic rings. The highest BCUT2D eigenvalue weighted by atomic mass is 79.9. The summed E-state index contributed by atoms with van der Waals surface area (Å²) in [6.45, 7) is 6.73. The SMILES string of the molecule is CCCc1cc(C(=O)Nc2ccccc2N2CCN(c3c(C(=O)OCC)c(-n4ccnc4)nc4ccc(Br)cc34)CC2)n(C)n1. The van der Waals surface area contributed by atoms with Crippen molar-refractivity contribution in [1.82, 2.24) is 24.3 Å². The number of rotatable bonds is 9. The van der Waals surface area contributed by atoms with Crippen LogP contribution in [0.15, 0.2) is 71.7 Å². The Hall–Kier alpha value is -4.71. The van der Waals surface area contributed by atoms with Crippen molar-refractivity contribution in [3.8, 4) is 5.82 Å². The Kier molecular flexibility index (Phi) is 8.83. The highest BCUT2D eigenvalue weighted by Crippen LogP contribution is 2.37. The number of aromatic nitrogens is 5. The first-order valence-electron chi connectivity index (χ1n) is 15.1. The molecule has 0 aliphatic carbocycles. The van der Waals surface area contributed by atoms with Gasteiger partial charge in [-0.1, -0.05) is 41.4 Å². The first kappa shape index (κ1) is 30.3. The number of hydrogen-bond acceptors (Lipinski definition) is 8. The molecule has 12 heteroatoms. The van der Waals surface area contributed by atoms with Crippen LogP contribution in [-0.2, 0) is 18.2 Å². The van der Waals surface area contributed by atoms with Crippen LogP contribution in [0.3, 0.4) is 0 Å².